The van der Waals surface area contributed by atoms with Crippen molar-refractivity contribution in [3.05, 3.63) is 24.2 Å². The third kappa shape index (κ3) is 3.60. The van der Waals surface area contributed by atoms with Crippen molar-refractivity contribution in [2.45, 2.75) is 39.3 Å². The number of hydrogen-bond donors (Lipinski definition) is 1. The molecule has 0 aromatic carbocycles. The van der Waals surface area contributed by atoms with Crippen LogP contribution in [0.3, 0.4) is 0 Å². The van der Waals surface area contributed by atoms with Gasteiger partial charge in [-0.1, -0.05) is 6.92 Å². The molecule has 0 saturated carbocycles. The molecule has 0 spiro atoms. The smallest absolute Gasteiger partial charge is 0.239 e. The van der Waals surface area contributed by atoms with Crippen molar-refractivity contribution < 1.29 is 9.21 Å². The van der Waals surface area contributed by atoms with Crippen molar-refractivity contribution in [1.29, 1.82) is 0 Å². The maximum absolute atomic E-state index is 11.9. The van der Waals surface area contributed by atoms with E-state index in [0.29, 0.717) is 0 Å². The van der Waals surface area contributed by atoms with Gasteiger partial charge in [0.25, 0.3) is 0 Å². The summed E-state index contributed by atoms with van der Waals surface area (Å²) in [6, 6.07) is 3.69. The normalized spacial score (nSPS) is 14.4. The highest BCUT2D eigenvalue weighted by Crippen LogP contribution is 2.17. The summed E-state index contributed by atoms with van der Waals surface area (Å²) >= 11 is 0. The van der Waals surface area contributed by atoms with Crippen LogP contribution in [0.5, 0.6) is 0 Å². The molecule has 0 aliphatic carbocycles. The molecule has 2 unspecified atom stereocenters. The van der Waals surface area contributed by atoms with E-state index < -0.39 is 0 Å². The Morgan fingerprint density at radius 2 is 2.24 bits per heavy atom. The number of amides is 1. The Bertz CT molecular complexity index is 335. The van der Waals surface area contributed by atoms with E-state index in [-0.39, 0.29) is 18.0 Å². The Labute approximate surface area is 103 Å². The lowest BCUT2D eigenvalue weighted by molar-refractivity contribution is -0.131. The lowest BCUT2D eigenvalue weighted by Crippen LogP contribution is -2.44. The van der Waals surface area contributed by atoms with E-state index in [0.717, 1.165) is 18.7 Å². The van der Waals surface area contributed by atoms with E-state index in [1.807, 2.05) is 33.0 Å². The zero-order valence-corrected chi connectivity index (χ0v) is 11.1. The van der Waals surface area contributed by atoms with Crippen LogP contribution in [-0.2, 0) is 4.79 Å². The molecule has 96 valence electrons. The van der Waals surface area contributed by atoms with Gasteiger partial charge < -0.3 is 9.32 Å². The average Bonchev–Trinajstić information content (AvgIpc) is 2.87. The van der Waals surface area contributed by atoms with Crippen molar-refractivity contribution in [2.24, 2.45) is 0 Å². The van der Waals surface area contributed by atoms with Crippen LogP contribution >= 0.6 is 0 Å². The third-order valence-electron chi connectivity index (χ3n) is 2.97. The minimum Gasteiger partial charge on any atom is -0.468 e. The molecule has 1 aromatic rings. The van der Waals surface area contributed by atoms with Crippen LogP contribution < -0.4 is 5.32 Å². The van der Waals surface area contributed by atoms with Crippen LogP contribution in [-0.4, -0.2) is 30.4 Å². The Morgan fingerprint density at radius 3 is 2.71 bits per heavy atom. The first kappa shape index (κ1) is 13.8. The quantitative estimate of drug-likeness (QED) is 0.826. The van der Waals surface area contributed by atoms with Crippen LogP contribution in [0, 0.1) is 0 Å². The summed E-state index contributed by atoms with van der Waals surface area (Å²) in [6.45, 7) is 6.65. The van der Waals surface area contributed by atoms with E-state index >= 15 is 0 Å². The second-order valence-electron chi connectivity index (χ2n) is 4.22. The van der Waals surface area contributed by atoms with E-state index in [1.165, 1.54) is 0 Å². The summed E-state index contributed by atoms with van der Waals surface area (Å²) < 4.78 is 5.37. The standard InChI is InChI=1S/C13H22N2O2/c1-5-11(12-8-7-9-17-12)14-10(3)13(16)15(4)6-2/h7-11,14H,5-6H2,1-4H3. The Balaban J connectivity index is 2.60. The van der Waals surface area contributed by atoms with Gasteiger partial charge in [-0.05, 0) is 32.4 Å². The average molecular weight is 238 g/mol. The highest BCUT2D eigenvalue weighted by atomic mass is 16.3. The van der Waals surface area contributed by atoms with Gasteiger partial charge in [-0.2, -0.15) is 0 Å². The molecular weight excluding hydrogens is 216 g/mol. The summed E-state index contributed by atoms with van der Waals surface area (Å²) in [5.74, 6) is 0.990. The highest BCUT2D eigenvalue weighted by Gasteiger charge is 2.21. The van der Waals surface area contributed by atoms with Gasteiger partial charge in [-0.3, -0.25) is 10.1 Å². The van der Waals surface area contributed by atoms with Gasteiger partial charge in [0.1, 0.15) is 5.76 Å². The summed E-state index contributed by atoms with van der Waals surface area (Å²) in [5.41, 5.74) is 0. The van der Waals surface area contributed by atoms with E-state index in [4.69, 9.17) is 4.42 Å². The first-order chi connectivity index (χ1) is 8.10. The number of furan rings is 1. The lowest BCUT2D eigenvalue weighted by atomic mass is 10.1. The third-order valence-corrected chi connectivity index (χ3v) is 2.97. The molecule has 1 rings (SSSR count). The fourth-order valence-electron chi connectivity index (χ4n) is 1.75. The molecule has 1 amide bonds. The van der Waals surface area contributed by atoms with Gasteiger partial charge in [-0.15, -0.1) is 0 Å². The predicted octanol–water partition coefficient (Wildman–Crippen LogP) is 2.19. The van der Waals surface area contributed by atoms with Gasteiger partial charge in [0.05, 0.1) is 18.3 Å². The first-order valence-electron chi connectivity index (χ1n) is 6.14. The molecule has 4 nitrogen and oxygen atoms in total. The number of carbonyl (C=O) groups excluding carboxylic acids is 1. The molecule has 0 bridgehead atoms. The maximum Gasteiger partial charge on any atom is 0.239 e. The Hall–Kier alpha value is -1.29. The SMILES string of the molecule is CCC(NC(C)C(=O)N(C)CC)c1ccco1. The van der Waals surface area contributed by atoms with Crippen molar-refractivity contribution in [3.8, 4) is 0 Å². The van der Waals surface area contributed by atoms with Gasteiger partial charge in [0, 0.05) is 13.6 Å². The Kier molecular flexibility index (Phi) is 5.22. The molecule has 1 aromatic heterocycles. The van der Waals surface area contributed by atoms with Gasteiger partial charge >= 0.3 is 0 Å². The zero-order chi connectivity index (χ0) is 12.8. The topological polar surface area (TPSA) is 45.5 Å². The summed E-state index contributed by atoms with van der Waals surface area (Å²) in [4.78, 5) is 13.6. The number of nitrogens with one attached hydrogen (secondary N) is 1. The van der Waals surface area contributed by atoms with Crippen molar-refractivity contribution >= 4 is 5.91 Å². The second kappa shape index (κ2) is 6.45. The number of hydrogen-bond acceptors (Lipinski definition) is 3. The molecule has 4 heteroatoms. The first-order valence-corrected chi connectivity index (χ1v) is 6.14. The minimum absolute atomic E-state index is 0.0919. The highest BCUT2D eigenvalue weighted by molar-refractivity contribution is 5.81. The number of carbonyl (C=O) groups is 1. The Morgan fingerprint density at radius 1 is 1.53 bits per heavy atom. The molecule has 0 radical (unpaired) electrons. The van der Waals surface area contributed by atoms with Crippen LogP contribution in [0.15, 0.2) is 22.8 Å². The van der Waals surface area contributed by atoms with Crippen LogP contribution in [0.25, 0.3) is 0 Å². The van der Waals surface area contributed by atoms with Gasteiger partial charge in [-0.25, -0.2) is 0 Å². The van der Waals surface area contributed by atoms with Crippen LogP contribution in [0.4, 0.5) is 0 Å². The molecule has 0 aliphatic rings. The molecule has 17 heavy (non-hydrogen) atoms. The lowest BCUT2D eigenvalue weighted by Gasteiger charge is -2.24. The molecule has 2 atom stereocenters. The van der Waals surface area contributed by atoms with E-state index in [9.17, 15) is 4.79 Å². The van der Waals surface area contributed by atoms with Gasteiger partial charge in [0.15, 0.2) is 0 Å². The number of likely N-dealkylation sites (N-methyl/N-ethyl adjacent to an activating group) is 1. The van der Waals surface area contributed by atoms with Crippen LogP contribution in [0.2, 0.25) is 0 Å². The van der Waals surface area contributed by atoms with E-state index in [2.05, 4.69) is 12.2 Å². The zero-order valence-electron chi connectivity index (χ0n) is 11.1. The number of nitrogens with zero attached hydrogens (tertiary/aromatic N) is 1. The second-order valence-corrected chi connectivity index (χ2v) is 4.22. The fourth-order valence-corrected chi connectivity index (χ4v) is 1.75. The molecule has 0 saturated heterocycles. The molecule has 0 fully saturated rings. The van der Waals surface area contributed by atoms with Crippen molar-refractivity contribution in [1.82, 2.24) is 10.2 Å². The molecular formula is C13H22N2O2. The molecule has 1 N–H and O–H groups in total. The predicted molar refractivity (Wildman–Crippen MR) is 67.6 cm³/mol. The minimum atomic E-state index is -0.199. The van der Waals surface area contributed by atoms with Gasteiger partial charge in [0.2, 0.25) is 5.91 Å². The molecule has 0 aliphatic heterocycles. The maximum atomic E-state index is 11.9. The van der Waals surface area contributed by atoms with Crippen molar-refractivity contribution in [2.75, 3.05) is 13.6 Å². The summed E-state index contributed by atoms with van der Waals surface area (Å²) in [5, 5.41) is 3.30. The largest absolute Gasteiger partial charge is 0.468 e. The summed E-state index contributed by atoms with van der Waals surface area (Å²) in [6.07, 6.45) is 2.55. The van der Waals surface area contributed by atoms with Crippen LogP contribution in [0.1, 0.15) is 39.0 Å². The summed E-state index contributed by atoms with van der Waals surface area (Å²) in [7, 11) is 1.81. The fraction of sp³-hybridized carbons (Fsp3) is 0.615. The van der Waals surface area contributed by atoms with E-state index in [1.54, 1.807) is 11.2 Å². The molecule has 1 heterocycles. The van der Waals surface area contributed by atoms with Crippen molar-refractivity contribution in [3.63, 3.8) is 0 Å². The monoisotopic (exact) mass is 238 g/mol. The number of rotatable bonds is 6.